The lowest BCUT2D eigenvalue weighted by atomic mass is 10.1. The molecule has 0 aromatic heterocycles. The van der Waals surface area contributed by atoms with Crippen LogP contribution < -0.4 is 0 Å². The quantitative estimate of drug-likeness (QED) is 0.469. The lowest BCUT2D eigenvalue weighted by Gasteiger charge is -2.42. The highest BCUT2D eigenvalue weighted by Gasteiger charge is 2.34. The van der Waals surface area contributed by atoms with Crippen molar-refractivity contribution in [1.82, 2.24) is 5.06 Å². The molecule has 1 aliphatic rings. The summed E-state index contributed by atoms with van der Waals surface area (Å²) >= 11 is 0. The van der Waals surface area contributed by atoms with Crippen LogP contribution in [-0.4, -0.2) is 28.1 Å². The van der Waals surface area contributed by atoms with E-state index in [4.69, 9.17) is 5.11 Å². The van der Waals surface area contributed by atoms with E-state index in [9.17, 15) is 14.8 Å². The fraction of sp³-hybridized carbons (Fsp3) is 0.500. The van der Waals surface area contributed by atoms with Crippen molar-refractivity contribution in [3.63, 3.8) is 0 Å². The highest BCUT2D eigenvalue weighted by atomic mass is 16.5. The first kappa shape index (κ1) is 6.03. The SMILES string of the molecule is O=C(O)[C@H]1CC(=O)N1[O-]. The molecule has 5 nitrogen and oxygen atoms in total. The molecule has 0 saturated carbocycles. The Kier molecular flexibility index (Phi) is 1.14. The number of nitrogens with zero attached hydrogens (tertiary/aromatic N) is 1. The minimum absolute atomic E-state index is 0.0255. The van der Waals surface area contributed by atoms with Gasteiger partial charge in [0.15, 0.2) is 0 Å². The molecule has 0 aromatic carbocycles. The summed E-state index contributed by atoms with van der Waals surface area (Å²) in [5, 5.41) is 18.3. The molecule has 50 valence electrons. The van der Waals surface area contributed by atoms with Crippen LogP contribution in [0.5, 0.6) is 0 Å². The fourth-order valence-corrected chi connectivity index (χ4v) is 0.587. The number of aliphatic carboxylic acids is 1. The van der Waals surface area contributed by atoms with Crippen LogP contribution in [0.25, 0.3) is 0 Å². The summed E-state index contributed by atoms with van der Waals surface area (Å²) in [6.45, 7) is 0. The topological polar surface area (TPSA) is 80.7 Å². The van der Waals surface area contributed by atoms with Gasteiger partial charge in [0.2, 0.25) is 5.91 Å². The maximum atomic E-state index is 10.2. The van der Waals surface area contributed by atoms with E-state index in [1.165, 1.54) is 0 Å². The van der Waals surface area contributed by atoms with E-state index in [0.29, 0.717) is 0 Å². The summed E-state index contributed by atoms with van der Waals surface area (Å²) in [5.74, 6) is -1.88. The highest BCUT2D eigenvalue weighted by Crippen LogP contribution is 2.16. The zero-order valence-electron chi connectivity index (χ0n) is 4.40. The number of carbonyl (C=O) groups excluding carboxylic acids is 1. The number of β-lactam (4-membered cyclic amide) rings is 1. The number of rotatable bonds is 1. The third-order valence-electron chi connectivity index (χ3n) is 1.18. The van der Waals surface area contributed by atoms with E-state index in [2.05, 4.69) is 0 Å². The summed E-state index contributed by atoms with van der Waals surface area (Å²) in [4.78, 5) is 20.0. The van der Waals surface area contributed by atoms with Crippen LogP contribution >= 0.6 is 0 Å². The number of hydrogen-bond acceptors (Lipinski definition) is 3. The van der Waals surface area contributed by atoms with Crippen LogP contribution in [-0.2, 0) is 9.59 Å². The van der Waals surface area contributed by atoms with Gasteiger partial charge >= 0.3 is 5.97 Å². The van der Waals surface area contributed by atoms with Crippen LogP contribution in [0.2, 0.25) is 0 Å². The lowest BCUT2D eigenvalue weighted by molar-refractivity contribution is -0.158. The first-order chi connectivity index (χ1) is 4.13. The van der Waals surface area contributed by atoms with Crippen molar-refractivity contribution in [1.29, 1.82) is 0 Å². The Morgan fingerprint density at radius 2 is 2.44 bits per heavy atom. The molecule has 1 aliphatic heterocycles. The third-order valence-corrected chi connectivity index (χ3v) is 1.18. The smallest absolute Gasteiger partial charge is 0.326 e. The van der Waals surface area contributed by atoms with Gasteiger partial charge in [0.1, 0.15) is 6.04 Å². The van der Waals surface area contributed by atoms with Crippen LogP contribution in [0.4, 0.5) is 0 Å². The van der Waals surface area contributed by atoms with E-state index in [-0.39, 0.29) is 11.5 Å². The van der Waals surface area contributed by atoms with Crippen molar-refractivity contribution in [2.75, 3.05) is 0 Å². The predicted octanol–water partition coefficient (Wildman–Crippen LogP) is -0.830. The second kappa shape index (κ2) is 1.70. The summed E-state index contributed by atoms with van der Waals surface area (Å²) in [6.07, 6.45) is -0.154. The van der Waals surface area contributed by atoms with Gasteiger partial charge in [-0.3, -0.25) is 4.79 Å². The molecule has 1 atom stereocenters. The molecule has 0 aliphatic carbocycles. The van der Waals surface area contributed by atoms with Crippen molar-refractivity contribution in [3.8, 4) is 0 Å². The number of hydroxylamine groups is 2. The molecule has 1 rings (SSSR count). The lowest BCUT2D eigenvalue weighted by Crippen LogP contribution is -2.53. The predicted molar refractivity (Wildman–Crippen MR) is 26.3 cm³/mol. The minimum atomic E-state index is -1.23. The highest BCUT2D eigenvalue weighted by molar-refractivity contribution is 5.94. The summed E-state index contributed by atoms with van der Waals surface area (Å²) in [7, 11) is 0. The van der Waals surface area contributed by atoms with Gasteiger partial charge in [0, 0.05) is 0 Å². The molecule has 0 bridgehead atoms. The Morgan fingerprint density at radius 3 is 2.56 bits per heavy atom. The van der Waals surface area contributed by atoms with E-state index in [1.54, 1.807) is 0 Å². The van der Waals surface area contributed by atoms with Gasteiger partial charge in [-0.15, -0.1) is 0 Å². The number of hydrogen-bond donors (Lipinski definition) is 1. The first-order valence-corrected chi connectivity index (χ1v) is 2.35. The molecule has 0 aromatic rings. The fourth-order valence-electron chi connectivity index (χ4n) is 0.587. The Morgan fingerprint density at radius 1 is 1.89 bits per heavy atom. The van der Waals surface area contributed by atoms with Gasteiger partial charge < -0.3 is 15.4 Å². The largest absolute Gasteiger partial charge is 0.756 e. The van der Waals surface area contributed by atoms with E-state index in [1.807, 2.05) is 0 Å². The summed E-state index contributed by atoms with van der Waals surface area (Å²) in [5.41, 5.74) is 0. The zero-order valence-corrected chi connectivity index (χ0v) is 4.40. The maximum absolute atomic E-state index is 10.2. The number of carbonyl (C=O) groups is 2. The first-order valence-electron chi connectivity index (χ1n) is 2.35. The molecule has 1 heterocycles. The maximum Gasteiger partial charge on any atom is 0.326 e. The molecule has 1 fully saturated rings. The van der Waals surface area contributed by atoms with Gasteiger partial charge in [-0.05, 0) is 0 Å². The van der Waals surface area contributed by atoms with E-state index >= 15 is 0 Å². The standard InChI is InChI=1S/C4H4NO4/c6-3-1-2(4(7)8)5(3)9/h2H,1H2,(H,7,8)/q-1/t2-/m1/s1. The molecular weight excluding hydrogens is 126 g/mol. The van der Waals surface area contributed by atoms with Crippen LogP contribution in [0.1, 0.15) is 6.42 Å². The van der Waals surface area contributed by atoms with Crippen molar-refractivity contribution >= 4 is 11.9 Å². The second-order valence-electron chi connectivity index (χ2n) is 1.78. The number of carboxylic acids is 1. The molecule has 0 unspecified atom stereocenters. The van der Waals surface area contributed by atoms with Gasteiger partial charge in [-0.1, -0.05) is 0 Å². The second-order valence-corrected chi connectivity index (χ2v) is 1.78. The van der Waals surface area contributed by atoms with Crippen molar-refractivity contribution in [2.24, 2.45) is 0 Å². The van der Waals surface area contributed by atoms with Crippen molar-refractivity contribution in [2.45, 2.75) is 12.5 Å². The minimum Gasteiger partial charge on any atom is -0.756 e. The summed E-state index contributed by atoms with van der Waals surface area (Å²) in [6, 6.07) is -1.13. The third kappa shape index (κ3) is 0.746. The molecule has 5 heteroatoms. The average molecular weight is 130 g/mol. The van der Waals surface area contributed by atoms with Crippen molar-refractivity contribution in [3.05, 3.63) is 5.21 Å². The molecule has 9 heavy (non-hydrogen) atoms. The molecule has 1 saturated heterocycles. The monoisotopic (exact) mass is 130 g/mol. The normalized spacial score (nSPS) is 25.7. The van der Waals surface area contributed by atoms with Crippen LogP contribution in [0.15, 0.2) is 0 Å². The van der Waals surface area contributed by atoms with E-state index in [0.717, 1.165) is 0 Å². The molecule has 1 N–H and O–H groups in total. The Labute approximate surface area is 50.5 Å². The molecule has 0 spiro atoms. The number of carboxylic acid groups (broad SMARTS) is 1. The molecule has 1 amide bonds. The zero-order chi connectivity index (χ0) is 7.02. The van der Waals surface area contributed by atoms with Crippen LogP contribution in [0.3, 0.4) is 0 Å². The van der Waals surface area contributed by atoms with E-state index < -0.39 is 17.9 Å². The van der Waals surface area contributed by atoms with Gasteiger partial charge in [0.05, 0.1) is 6.42 Å². The van der Waals surface area contributed by atoms with Gasteiger partial charge in [0.25, 0.3) is 0 Å². The Balaban J connectivity index is 2.51. The van der Waals surface area contributed by atoms with Crippen molar-refractivity contribution < 1.29 is 14.7 Å². The van der Waals surface area contributed by atoms with Gasteiger partial charge in [-0.25, -0.2) is 4.79 Å². The Bertz CT molecular complexity index is 166. The Hall–Kier alpha value is -1.10. The summed E-state index contributed by atoms with van der Waals surface area (Å²) < 4.78 is 0. The van der Waals surface area contributed by atoms with Crippen LogP contribution in [0, 0.1) is 5.21 Å². The molecule has 0 radical (unpaired) electrons. The molecular formula is C4H4NO4-. The average Bonchev–Trinajstić information content (AvgIpc) is 1.81. The number of amides is 1. The van der Waals surface area contributed by atoms with Gasteiger partial charge in [-0.2, -0.15) is 0 Å².